The third-order valence-electron chi connectivity index (χ3n) is 3.77. The van der Waals surface area contributed by atoms with Gasteiger partial charge in [0.2, 0.25) is 10.0 Å². The Morgan fingerprint density at radius 1 is 1.03 bits per heavy atom. The number of alkyl halides is 3. The summed E-state index contributed by atoms with van der Waals surface area (Å²) < 4.78 is 80.6. The van der Waals surface area contributed by atoms with Gasteiger partial charge in [0, 0.05) is 6.07 Å². The van der Waals surface area contributed by atoms with E-state index in [9.17, 15) is 21.6 Å². The molecule has 0 saturated heterocycles. The van der Waals surface area contributed by atoms with E-state index in [2.05, 4.69) is 16.6 Å². The lowest BCUT2D eigenvalue weighted by molar-refractivity contribution is -0.137. The molecule has 0 saturated carbocycles. The van der Waals surface area contributed by atoms with Crippen LogP contribution in [0.5, 0.6) is 17.2 Å². The van der Waals surface area contributed by atoms with Crippen molar-refractivity contribution in [3.05, 3.63) is 48.0 Å². The Morgan fingerprint density at radius 2 is 1.79 bits per heavy atom. The molecule has 0 aliphatic carbocycles. The molecule has 10 heteroatoms. The molecule has 2 aromatic carbocycles. The zero-order valence-corrected chi connectivity index (χ0v) is 15.8. The fourth-order valence-electron chi connectivity index (χ4n) is 2.40. The summed E-state index contributed by atoms with van der Waals surface area (Å²) in [7, 11) is -3.81. The maximum absolute atomic E-state index is 12.6. The van der Waals surface area contributed by atoms with E-state index >= 15 is 0 Å². The van der Waals surface area contributed by atoms with Crippen LogP contribution in [0, 0.1) is 11.8 Å². The highest BCUT2D eigenvalue weighted by atomic mass is 32.2. The number of sulfonamides is 1. The van der Waals surface area contributed by atoms with Gasteiger partial charge in [-0.2, -0.15) is 17.9 Å². The largest absolute Gasteiger partial charge is 0.486 e. The van der Waals surface area contributed by atoms with Crippen molar-refractivity contribution < 1.29 is 35.8 Å². The molecular formula is C19H16F3NO5S. The van der Waals surface area contributed by atoms with Crippen LogP contribution in [0.2, 0.25) is 0 Å². The smallest absolute Gasteiger partial charge is 0.416 e. The molecule has 29 heavy (non-hydrogen) atoms. The van der Waals surface area contributed by atoms with Gasteiger partial charge in [-0.05, 0) is 30.3 Å². The van der Waals surface area contributed by atoms with Crippen LogP contribution in [0.4, 0.5) is 13.2 Å². The van der Waals surface area contributed by atoms with Crippen molar-refractivity contribution in [1.82, 2.24) is 4.72 Å². The molecule has 0 spiro atoms. The molecule has 0 unspecified atom stereocenters. The average molecular weight is 427 g/mol. The summed E-state index contributed by atoms with van der Waals surface area (Å²) in [6, 6.07) is 8.67. The van der Waals surface area contributed by atoms with Crippen LogP contribution in [-0.2, 0) is 16.2 Å². The summed E-state index contributed by atoms with van der Waals surface area (Å²) >= 11 is 0. The molecule has 0 atom stereocenters. The molecule has 0 amide bonds. The second-order valence-corrected chi connectivity index (χ2v) is 7.56. The Balaban J connectivity index is 1.52. The van der Waals surface area contributed by atoms with E-state index < -0.39 is 21.8 Å². The van der Waals surface area contributed by atoms with E-state index in [4.69, 9.17) is 14.2 Å². The van der Waals surface area contributed by atoms with Gasteiger partial charge in [-0.25, -0.2) is 8.42 Å². The lowest BCUT2D eigenvalue weighted by Crippen LogP contribution is -2.24. The fraction of sp³-hybridized carbons (Fsp3) is 0.263. The zero-order chi connectivity index (χ0) is 20.9. The normalized spacial score (nSPS) is 13.3. The Hall–Kier alpha value is -2.90. The lowest BCUT2D eigenvalue weighted by Gasteiger charge is -2.18. The molecule has 154 valence electrons. The monoisotopic (exact) mass is 427 g/mol. The zero-order valence-electron chi connectivity index (χ0n) is 15.0. The number of halogens is 3. The molecule has 0 bridgehead atoms. The van der Waals surface area contributed by atoms with Crippen molar-refractivity contribution in [2.75, 3.05) is 26.4 Å². The molecule has 6 nitrogen and oxygen atoms in total. The average Bonchev–Trinajstić information content (AvgIpc) is 2.70. The second kappa shape index (κ2) is 8.63. The van der Waals surface area contributed by atoms with Gasteiger partial charge in [-0.1, -0.05) is 17.9 Å². The molecule has 1 heterocycles. The predicted molar refractivity (Wildman–Crippen MR) is 97.3 cm³/mol. The van der Waals surface area contributed by atoms with Crippen molar-refractivity contribution in [3.63, 3.8) is 0 Å². The predicted octanol–water partition coefficient (Wildman–Crippen LogP) is 2.84. The minimum Gasteiger partial charge on any atom is -0.486 e. The summed E-state index contributed by atoms with van der Waals surface area (Å²) in [5, 5.41) is 0. The summed E-state index contributed by atoms with van der Waals surface area (Å²) in [6.07, 6.45) is -4.46. The molecular weight excluding hydrogens is 411 g/mol. The van der Waals surface area contributed by atoms with E-state index in [0.717, 1.165) is 12.1 Å². The Bertz CT molecular complexity index is 1040. The maximum atomic E-state index is 12.6. The van der Waals surface area contributed by atoms with Gasteiger partial charge in [-0.3, -0.25) is 0 Å². The van der Waals surface area contributed by atoms with Crippen LogP contribution in [0.3, 0.4) is 0 Å². The van der Waals surface area contributed by atoms with Gasteiger partial charge < -0.3 is 14.2 Å². The van der Waals surface area contributed by atoms with Crippen molar-refractivity contribution >= 4 is 10.0 Å². The first-order valence-electron chi connectivity index (χ1n) is 8.41. The van der Waals surface area contributed by atoms with Gasteiger partial charge in [0.05, 0.1) is 17.0 Å². The Labute approximate surface area is 165 Å². The van der Waals surface area contributed by atoms with E-state index in [1.165, 1.54) is 30.3 Å². The lowest BCUT2D eigenvalue weighted by atomic mass is 10.2. The summed E-state index contributed by atoms with van der Waals surface area (Å²) in [5.74, 6) is 5.93. The Morgan fingerprint density at radius 3 is 2.55 bits per heavy atom. The minimum absolute atomic E-state index is 0.00349. The van der Waals surface area contributed by atoms with Crippen LogP contribution < -0.4 is 18.9 Å². The molecule has 0 aromatic heterocycles. The van der Waals surface area contributed by atoms with Crippen LogP contribution in [0.1, 0.15) is 5.56 Å². The second-order valence-electron chi connectivity index (χ2n) is 5.80. The number of hydrogen-bond acceptors (Lipinski definition) is 5. The first-order valence-corrected chi connectivity index (χ1v) is 9.89. The van der Waals surface area contributed by atoms with E-state index in [0.29, 0.717) is 24.7 Å². The van der Waals surface area contributed by atoms with Gasteiger partial charge in [0.15, 0.2) is 11.5 Å². The summed E-state index contributed by atoms with van der Waals surface area (Å²) in [5.41, 5.74) is -0.824. The number of hydrogen-bond donors (Lipinski definition) is 1. The van der Waals surface area contributed by atoms with Crippen molar-refractivity contribution in [2.24, 2.45) is 0 Å². The highest BCUT2D eigenvalue weighted by Crippen LogP contribution is 2.32. The van der Waals surface area contributed by atoms with Crippen molar-refractivity contribution in [1.29, 1.82) is 0 Å². The number of rotatable bonds is 5. The number of ether oxygens (including phenoxy) is 3. The van der Waals surface area contributed by atoms with Crippen molar-refractivity contribution in [2.45, 2.75) is 11.1 Å². The van der Waals surface area contributed by atoms with E-state index in [1.807, 2.05) is 0 Å². The number of nitrogens with one attached hydrogen (secondary N) is 1. The van der Waals surface area contributed by atoms with Crippen LogP contribution in [0.15, 0.2) is 47.4 Å². The molecule has 0 fully saturated rings. The Kier molecular flexibility index (Phi) is 6.20. The van der Waals surface area contributed by atoms with Gasteiger partial charge in [-0.15, -0.1) is 0 Å². The van der Waals surface area contributed by atoms with Crippen LogP contribution in [-0.4, -0.2) is 34.8 Å². The molecule has 1 aliphatic heterocycles. The summed E-state index contributed by atoms with van der Waals surface area (Å²) in [4.78, 5) is 0.00349. The number of benzene rings is 2. The molecule has 0 radical (unpaired) electrons. The number of fused-ring (bicyclic) bond motifs is 1. The highest BCUT2D eigenvalue weighted by Gasteiger charge is 2.30. The fourth-order valence-corrected chi connectivity index (χ4v) is 3.34. The molecule has 3 rings (SSSR count). The van der Waals surface area contributed by atoms with Crippen LogP contribution >= 0.6 is 0 Å². The van der Waals surface area contributed by atoms with Crippen molar-refractivity contribution in [3.8, 4) is 29.1 Å². The third-order valence-corrected chi connectivity index (χ3v) is 5.17. The third kappa shape index (κ3) is 5.56. The van der Waals surface area contributed by atoms with Gasteiger partial charge in [0.1, 0.15) is 25.6 Å². The molecule has 2 aromatic rings. The quantitative estimate of drug-likeness (QED) is 0.743. The van der Waals surface area contributed by atoms with Gasteiger partial charge >= 0.3 is 6.18 Å². The SMILES string of the molecule is O=S(=O)(NCC#CCOc1cccc(C(F)(F)F)c1)c1ccc2c(c1)OCCO2. The first-order chi connectivity index (χ1) is 13.8. The van der Waals surface area contributed by atoms with Crippen LogP contribution in [0.25, 0.3) is 0 Å². The van der Waals surface area contributed by atoms with E-state index in [-0.39, 0.29) is 23.8 Å². The maximum Gasteiger partial charge on any atom is 0.416 e. The van der Waals surface area contributed by atoms with E-state index in [1.54, 1.807) is 0 Å². The standard InChI is InChI=1S/C19H16F3NO5S/c20-19(21,22)14-4-3-5-15(12-14)26-9-2-1-8-23-29(24,25)16-6-7-17-18(13-16)28-11-10-27-17/h3-7,12-13,23H,8-11H2. The first kappa shape index (κ1) is 20.8. The molecule has 1 aliphatic rings. The molecule has 1 N–H and O–H groups in total. The highest BCUT2D eigenvalue weighted by molar-refractivity contribution is 7.89. The minimum atomic E-state index is -4.46. The van der Waals surface area contributed by atoms with Gasteiger partial charge in [0.25, 0.3) is 0 Å². The topological polar surface area (TPSA) is 73.9 Å². The summed E-state index contributed by atoms with van der Waals surface area (Å²) in [6.45, 7) is 0.354.